The lowest BCUT2D eigenvalue weighted by Gasteiger charge is -2.23. The van der Waals surface area contributed by atoms with Crippen molar-refractivity contribution in [2.75, 3.05) is 13.1 Å². The molecular formula is C17H20N4O. The molecule has 1 saturated heterocycles. The monoisotopic (exact) mass is 296 g/mol. The second-order valence-corrected chi connectivity index (χ2v) is 5.56. The van der Waals surface area contributed by atoms with Crippen LogP contribution >= 0.6 is 0 Å². The largest absolute Gasteiger partial charge is 0.347 e. The van der Waals surface area contributed by atoms with Crippen LogP contribution in [0.25, 0.3) is 0 Å². The van der Waals surface area contributed by atoms with Crippen LogP contribution in [-0.4, -0.2) is 29.0 Å². The zero-order chi connectivity index (χ0) is 15.2. The van der Waals surface area contributed by atoms with E-state index >= 15 is 0 Å². The number of carbonyl (C=O) groups is 1. The summed E-state index contributed by atoms with van der Waals surface area (Å²) in [6.45, 7) is 2.54. The van der Waals surface area contributed by atoms with Gasteiger partial charge in [0.2, 0.25) is 0 Å². The van der Waals surface area contributed by atoms with Crippen molar-refractivity contribution in [3.05, 3.63) is 59.7 Å². The third-order valence-electron chi connectivity index (χ3n) is 3.99. The molecule has 0 radical (unpaired) electrons. The number of carbonyl (C=O) groups excluding carboxylic acids is 1. The second-order valence-electron chi connectivity index (χ2n) is 5.56. The van der Waals surface area contributed by atoms with Gasteiger partial charge in [-0.05, 0) is 60.7 Å². The van der Waals surface area contributed by atoms with Crippen molar-refractivity contribution in [3.8, 4) is 0 Å². The smallest absolute Gasteiger partial charge is 0.270 e. The Morgan fingerprint density at radius 1 is 1.27 bits per heavy atom. The molecule has 1 amide bonds. The molecule has 114 valence electrons. The molecule has 1 aliphatic heterocycles. The van der Waals surface area contributed by atoms with Crippen LogP contribution in [0.1, 0.15) is 40.4 Å². The SMILES string of the molecule is O=C(NCc1ccncc1)c1cc(C2CCCNC2)ccn1. The molecule has 2 aromatic heterocycles. The van der Waals surface area contributed by atoms with Crippen molar-refractivity contribution in [2.24, 2.45) is 0 Å². The molecule has 0 aliphatic carbocycles. The van der Waals surface area contributed by atoms with E-state index in [-0.39, 0.29) is 5.91 Å². The molecule has 0 bridgehead atoms. The zero-order valence-electron chi connectivity index (χ0n) is 12.5. The molecule has 0 spiro atoms. The first-order chi connectivity index (χ1) is 10.8. The lowest BCUT2D eigenvalue weighted by molar-refractivity contribution is 0.0945. The van der Waals surface area contributed by atoms with Gasteiger partial charge in [0.25, 0.3) is 5.91 Å². The van der Waals surface area contributed by atoms with Gasteiger partial charge in [-0.2, -0.15) is 0 Å². The predicted molar refractivity (Wildman–Crippen MR) is 84.5 cm³/mol. The summed E-state index contributed by atoms with van der Waals surface area (Å²) < 4.78 is 0. The van der Waals surface area contributed by atoms with Crippen molar-refractivity contribution in [1.82, 2.24) is 20.6 Å². The summed E-state index contributed by atoms with van der Waals surface area (Å²) in [6, 6.07) is 7.70. The lowest BCUT2D eigenvalue weighted by atomic mass is 9.92. The summed E-state index contributed by atoms with van der Waals surface area (Å²) in [5.41, 5.74) is 2.70. The van der Waals surface area contributed by atoms with E-state index in [0.29, 0.717) is 18.2 Å². The Morgan fingerprint density at radius 3 is 2.91 bits per heavy atom. The fourth-order valence-electron chi connectivity index (χ4n) is 2.73. The predicted octanol–water partition coefficient (Wildman–Crippen LogP) is 1.87. The van der Waals surface area contributed by atoms with E-state index in [1.165, 1.54) is 12.0 Å². The van der Waals surface area contributed by atoms with Gasteiger partial charge in [-0.3, -0.25) is 14.8 Å². The molecule has 22 heavy (non-hydrogen) atoms. The number of amides is 1. The number of nitrogens with zero attached hydrogens (tertiary/aromatic N) is 2. The van der Waals surface area contributed by atoms with Crippen LogP contribution in [0.2, 0.25) is 0 Å². The molecule has 2 N–H and O–H groups in total. The summed E-state index contributed by atoms with van der Waals surface area (Å²) in [5.74, 6) is 0.339. The van der Waals surface area contributed by atoms with Crippen molar-refractivity contribution in [1.29, 1.82) is 0 Å². The Hall–Kier alpha value is -2.27. The maximum atomic E-state index is 12.2. The molecule has 3 heterocycles. The van der Waals surface area contributed by atoms with Crippen LogP contribution in [0.15, 0.2) is 42.9 Å². The number of piperidine rings is 1. The average Bonchev–Trinajstić information content (AvgIpc) is 2.61. The number of nitrogens with one attached hydrogen (secondary N) is 2. The third-order valence-corrected chi connectivity index (χ3v) is 3.99. The van der Waals surface area contributed by atoms with E-state index in [2.05, 4.69) is 20.6 Å². The zero-order valence-corrected chi connectivity index (χ0v) is 12.5. The van der Waals surface area contributed by atoms with Crippen LogP contribution < -0.4 is 10.6 Å². The summed E-state index contributed by atoms with van der Waals surface area (Å²) in [7, 11) is 0. The normalized spacial score (nSPS) is 17.9. The van der Waals surface area contributed by atoms with E-state index < -0.39 is 0 Å². The van der Waals surface area contributed by atoms with Crippen molar-refractivity contribution < 1.29 is 4.79 Å². The van der Waals surface area contributed by atoms with Crippen molar-refractivity contribution in [2.45, 2.75) is 25.3 Å². The fraction of sp³-hybridized carbons (Fsp3) is 0.353. The minimum absolute atomic E-state index is 0.137. The molecule has 1 fully saturated rings. The minimum Gasteiger partial charge on any atom is -0.347 e. The minimum atomic E-state index is -0.137. The molecule has 5 heteroatoms. The molecular weight excluding hydrogens is 276 g/mol. The molecule has 1 unspecified atom stereocenters. The Kier molecular flexibility index (Phi) is 4.75. The van der Waals surface area contributed by atoms with Gasteiger partial charge in [0.1, 0.15) is 5.69 Å². The lowest BCUT2D eigenvalue weighted by Crippen LogP contribution is -2.29. The first kappa shape index (κ1) is 14.7. The van der Waals surface area contributed by atoms with Crippen LogP contribution in [0.4, 0.5) is 0 Å². The Labute approximate surface area is 130 Å². The van der Waals surface area contributed by atoms with Crippen LogP contribution in [0, 0.1) is 0 Å². The highest BCUT2D eigenvalue weighted by atomic mass is 16.1. The van der Waals surface area contributed by atoms with Gasteiger partial charge in [-0.15, -0.1) is 0 Å². The molecule has 0 aromatic carbocycles. The van der Waals surface area contributed by atoms with Crippen LogP contribution in [0.3, 0.4) is 0 Å². The Balaban J connectivity index is 1.64. The standard InChI is InChI=1S/C17H20N4O/c22-17(21-11-13-3-7-18-8-4-13)16-10-14(5-9-20-16)15-2-1-6-19-12-15/h3-5,7-10,15,19H,1-2,6,11-12H2,(H,21,22). The average molecular weight is 296 g/mol. The van der Waals surface area contributed by atoms with Gasteiger partial charge in [0.05, 0.1) is 0 Å². The van der Waals surface area contributed by atoms with E-state index in [1.807, 2.05) is 24.3 Å². The second kappa shape index (κ2) is 7.13. The fourth-order valence-corrected chi connectivity index (χ4v) is 2.73. The van der Waals surface area contributed by atoms with Crippen molar-refractivity contribution >= 4 is 5.91 Å². The molecule has 0 saturated carbocycles. The van der Waals surface area contributed by atoms with Gasteiger partial charge in [0, 0.05) is 31.7 Å². The van der Waals surface area contributed by atoms with Crippen LogP contribution in [0.5, 0.6) is 0 Å². The highest BCUT2D eigenvalue weighted by molar-refractivity contribution is 5.92. The molecule has 2 aromatic rings. The first-order valence-electron chi connectivity index (χ1n) is 7.67. The summed E-state index contributed by atoms with van der Waals surface area (Å²) in [4.78, 5) is 20.4. The number of rotatable bonds is 4. The van der Waals surface area contributed by atoms with E-state index in [4.69, 9.17) is 0 Å². The van der Waals surface area contributed by atoms with Gasteiger partial charge in [0.15, 0.2) is 0 Å². The van der Waals surface area contributed by atoms with Crippen LogP contribution in [-0.2, 0) is 6.54 Å². The number of hydrogen-bond acceptors (Lipinski definition) is 4. The Morgan fingerprint density at radius 2 is 2.14 bits per heavy atom. The molecule has 5 nitrogen and oxygen atoms in total. The van der Waals surface area contributed by atoms with Gasteiger partial charge in [-0.25, -0.2) is 0 Å². The first-order valence-corrected chi connectivity index (χ1v) is 7.67. The van der Waals surface area contributed by atoms with E-state index in [0.717, 1.165) is 25.1 Å². The third kappa shape index (κ3) is 3.68. The number of aromatic nitrogens is 2. The maximum absolute atomic E-state index is 12.2. The van der Waals surface area contributed by atoms with Gasteiger partial charge < -0.3 is 10.6 Å². The van der Waals surface area contributed by atoms with Crippen molar-refractivity contribution in [3.63, 3.8) is 0 Å². The molecule has 1 atom stereocenters. The summed E-state index contributed by atoms with van der Waals surface area (Å²) in [6.07, 6.45) is 7.50. The maximum Gasteiger partial charge on any atom is 0.270 e. The summed E-state index contributed by atoms with van der Waals surface area (Å²) >= 11 is 0. The summed E-state index contributed by atoms with van der Waals surface area (Å²) in [5, 5.41) is 6.30. The molecule has 1 aliphatic rings. The Bertz CT molecular complexity index is 624. The molecule has 3 rings (SSSR count). The number of pyridine rings is 2. The quantitative estimate of drug-likeness (QED) is 0.904. The van der Waals surface area contributed by atoms with Gasteiger partial charge in [-0.1, -0.05) is 0 Å². The highest BCUT2D eigenvalue weighted by Crippen LogP contribution is 2.23. The number of hydrogen-bond donors (Lipinski definition) is 2. The van der Waals surface area contributed by atoms with Gasteiger partial charge >= 0.3 is 0 Å². The van der Waals surface area contributed by atoms with E-state index in [9.17, 15) is 4.79 Å². The highest BCUT2D eigenvalue weighted by Gasteiger charge is 2.17. The topological polar surface area (TPSA) is 66.9 Å². The van der Waals surface area contributed by atoms with E-state index in [1.54, 1.807) is 18.6 Å².